The number of carbonyl (C=O) groups excluding carboxylic acids is 3. The van der Waals surface area contributed by atoms with Crippen LogP contribution in [0.5, 0.6) is 0 Å². The van der Waals surface area contributed by atoms with E-state index in [1.807, 2.05) is 50.5 Å². The number of carbonyl (C=O) groups is 3. The second-order valence-corrected chi connectivity index (χ2v) is 11.1. The third-order valence-electron chi connectivity index (χ3n) is 6.98. The van der Waals surface area contributed by atoms with E-state index in [4.69, 9.17) is 0 Å². The van der Waals surface area contributed by atoms with Crippen LogP contribution in [0, 0.1) is 12.8 Å². The van der Waals surface area contributed by atoms with E-state index >= 15 is 0 Å². The highest BCUT2D eigenvalue weighted by atomic mass is 32.1. The van der Waals surface area contributed by atoms with Crippen LogP contribution in [0.3, 0.4) is 0 Å². The van der Waals surface area contributed by atoms with E-state index < -0.39 is 18.2 Å². The summed E-state index contributed by atoms with van der Waals surface area (Å²) < 4.78 is 0. The van der Waals surface area contributed by atoms with Crippen molar-refractivity contribution >= 4 is 29.1 Å². The molecule has 2 aromatic rings. The van der Waals surface area contributed by atoms with Crippen molar-refractivity contribution in [1.29, 1.82) is 0 Å². The topological polar surface area (TPSA) is 103 Å². The molecule has 1 aromatic carbocycles. The summed E-state index contributed by atoms with van der Waals surface area (Å²) in [6.45, 7) is 6.97. The molecule has 3 atom stereocenters. The molecule has 1 aromatic heterocycles. The zero-order valence-electron chi connectivity index (χ0n) is 21.3. The van der Waals surface area contributed by atoms with Crippen molar-refractivity contribution in [2.75, 3.05) is 13.1 Å². The number of hydrogen-bond donors (Lipinski definition) is 2. The van der Waals surface area contributed by atoms with E-state index in [1.54, 1.807) is 16.2 Å². The number of benzene rings is 1. The number of aliphatic hydroxyl groups is 1. The Kier molecular flexibility index (Phi) is 8.41. The third-order valence-corrected chi connectivity index (χ3v) is 7.96. The fourth-order valence-corrected chi connectivity index (χ4v) is 5.92. The number of hydrogen-bond acceptors (Lipinski definition) is 6. The van der Waals surface area contributed by atoms with Crippen LogP contribution >= 0.6 is 11.3 Å². The Labute approximate surface area is 216 Å². The van der Waals surface area contributed by atoms with Crippen molar-refractivity contribution in [2.45, 2.75) is 77.6 Å². The summed E-state index contributed by atoms with van der Waals surface area (Å²) in [5, 5.41) is 13.3. The molecule has 3 heterocycles. The first-order valence-electron chi connectivity index (χ1n) is 12.8. The van der Waals surface area contributed by atoms with Gasteiger partial charge in [-0.15, -0.1) is 11.3 Å². The molecule has 0 bridgehead atoms. The average Bonchev–Trinajstić information content (AvgIpc) is 3.47. The predicted molar refractivity (Wildman–Crippen MR) is 139 cm³/mol. The van der Waals surface area contributed by atoms with Crippen molar-refractivity contribution < 1.29 is 19.5 Å². The van der Waals surface area contributed by atoms with Gasteiger partial charge >= 0.3 is 0 Å². The van der Waals surface area contributed by atoms with Gasteiger partial charge in [-0.3, -0.25) is 14.4 Å². The lowest BCUT2D eigenvalue weighted by atomic mass is 9.98. The molecule has 0 aliphatic carbocycles. The molecule has 0 saturated carbocycles. The van der Waals surface area contributed by atoms with Gasteiger partial charge in [0.15, 0.2) is 0 Å². The molecule has 4 rings (SSSR count). The van der Waals surface area contributed by atoms with Gasteiger partial charge < -0.3 is 20.2 Å². The highest BCUT2D eigenvalue weighted by Crippen LogP contribution is 2.28. The van der Waals surface area contributed by atoms with E-state index in [2.05, 4.69) is 10.3 Å². The molecule has 2 fully saturated rings. The van der Waals surface area contributed by atoms with Gasteiger partial charge in [-0.1, -0.05) is 38.1 Å². The van der Waals surface area contributed by atoms with E-state index in [0.29, 0.717) is 25.9 Å². The van der Waals surface area contributed by atoms with E-state index in [1.165, 1.54) is 4.90 Å². The number of thiazole rings is 1. The quantitative estimate of drug-likeness (QED) is 0.593. The van der Waals surface area contributed by atoms with Crippen molar-refractivity contribution in [3.8, 4) is 10.4 Å². The largest absolute Gasteiger partial charge is 0.391 e. The van der Waals surface area contributed by atoms with Gasteiger partial charge in [-0.2, -0.15) is 0 Å². The van der Waals surface area contributed by atoms with Crippen LogP contribution in [-0.2, 0) is 20.9 Å². The maximum Gasteiger partial charge on any atom is 0.246 e. The third kappa shape index (κ3) is 5.95. The predicted octanol–water partition coefficient (Wildman–Crippen LogP) is 3.12. The number of aryl methyl sites for hydroxylation is 1. The molecule has 194 valence electrons. The minimum Gasteiger partial charge on any atom is -0.391 e. The number of nitrogens with one attached hydrogen (secondary N) is 1. The number of rotatable bonds is 7. The van der Waals surface area contributed by atoms with Crippen molar-refractivity contribution in [3.63, 3.8) is 0 Å². The first kappa shape index (κ1) is 26.3. The van der Waals surface area contributed by atoms with Crippen molar-refractivity contribution in [2.24, 2.45) is 5.92 Å². The fourth-order valence-electron chi connectivity index (χ4n) is 5.11. The SMILES string of the molecule is Cc1ncsc1-c1ccc(CNC(=O)C2CC(O)CN2C(=O)C2CCCCN2C(=O)CC(C)C)cc1. The van der Waals surface area contributed by atoms with Gasteiger partial charge in [0.25, 0.3) is 0 Å². The summed E-state index contributed by atoms with van der Waals surface area (Å²) in [7, 11) is 0. The standard InChI is InChI=1S/C27H36N4O4S/c1-17(2)12-24(33)30-11-5-4-6-22(30)27(35)31-15-21(32)13-23(31)26(34)28-14-19-7-9-20(10-8-19)25-18(3)29-16-36-25/h7-10,16-17,21-23,32H,4-6,11-15H2,1-3H3,(H,28,34). The van der Waals surface area contributed by atoms with Crippen molar-refractivity contribution in [3.05, 3.63) is 41.0 Å². The number of amides is 3. The summed E-state index contributed by atoms with van der Waals surface area (Å²) in [4.78, 5) is 48.1. The summed E-state index contributed by atoms with van der Waals surface area (Å²) in [6, 6.07) is 6.68. The number of piperidine rings is 1. The van der Waals surface area contributed by atoms with Gasteiger partial charge in [0.2, 0.25) is 17.7 Å². The Morgan fingerprint density at radius 1 is 1.14 bits per heavy atom. The van der Waals surface area contributed by atoms with Crippen LogP contribution < -0.4 is 5.32 Å². The molecule has 36 heavy (non-hydrogen) atoms. The molecule has 2 N–H and O–H groups in total. The normalized spacial score (nSPS) is 22.2. The van der Waals surface area contributed by atoms with Gasteiger partial charge in [-0.05, 0) is 43.2 Å². The molecule has 3 amide bonds. The summed E-state index contributed by atoms with van der Waals surface area (Å²) >= 11 is 1.60. The van der Waals surface area contributed by atoms with E-state index in [9.17, 15) is 19.5 Å². The van der Waals surface area contributed by atoms with Crippen molar-refractivity contribution in [1.82, 2.24) is 20.1 Å². The van der Waals surface area contributed by atoms with Gasteiger partial charge in [0, 0.05) is 32.5 Å². The van der Waals surface area contributed by atoms with Crippen LogP contribution in [0.15, 0.2) is 29.8 Å². The van der Waals surface area contributed by atoms with Crippen LogP contribution in [0.2, 0.25) is 0 Å². The molecule has 2 aliphatic heterocycles. The maximum atomic E-state index is 13.5. The molecule has 3 unspecified atom stereocenters. The maximum absolute atomic E-state index is 13.5. The highest BCUT2D eigenvalue weighted by Gasteiger charge is 2.43. The zero-order chi connectivity index (χ0) is 25.8. The molecular formula is C27H36N4O4S. The fraction of sp³-hybridized carbons (Fsp3) is 0.556. The van der Waals surface area contributed by atoms with Gasteiger partial charge in [0.05, 0.1) is 22.2 Å². The molecular weight excluding hydrogens is 476 g/mol. The molecule has 8 nitrogen and oxygen atoms in total. The number of likely N-dealkylation sites (tertiary alicyclic amines) is 2. The summed E-state index contributed by atoms with van der Waals surface area (Å²) in [5.74, 6) is -0.311. The monoisotopic (exact) mass is 512 g/mol. The Balaban J connectivity index is 1.40. The Bertz CT molecular complexity index is 1080. The summed E-state index contributed by atoms with van der Waals surface area (Å²) in [6.07, 6.45) is 2.18. The lowest BCUT2D eigenvalue weighted by molar-refractivity contribution is -0.150. The Morgan fingerprint density at radius 3 is 2.56 bits per heavy atom. The van der Waals surface area contributed by atoms with Crippen LogP contribution in [0.25, 0.3) is 10.4 Å². The van der Waals surface area contributed by atoms with E-state index in [-0.39, 0.29) is 36.6 Å². The minimum atomic E-state index is -0.755. The molecule has 0 spiro atoms. The lowest BCUT2D eigenvalue weighted by Crippen LogP contribution is -2.56. The summed E-state index contributed by atoms with van der Waals surface area (Å²) in [5.41, 5.74) is 4.86. The average molecular weight is 513 g/mol. The van der Waals surface area contributed by atoms with Crippen LogP contribution in [0.1, 0.15) is 57.2 Å². The molecule has 9 heteroatoms. The minimum absolute atomic E-state index is 0.0132. The number of nitrogens with zero attached hydrogens (tertiary/aromatic N) is 3. The Hall–Kier alpha value is -2.78. The number of aliphatic hydroxyl groups excluding tert-OH is 1. The van der Waals surface area contributed by atoms with Gasteiger partial charge in [-0.25, -0.2) is 4.98 Å². The number of aromatic nitrogens is 1. The second-order valence-electron chi connectivity index (χ2n) is 10.3. The highest BCUT2D eigenvalue weighted by molar-refractivity contribution is 7.13. The van der Waals surface area contributed by atoms with E-state index in [0.717, 1.165) is 34.5 Å². The molecule has 0 radical (unpaired) electrons. The second kappa shape index (κ2) is 11.5. The molecule has 2 aliphatic rings. The first-order chi connectivity index (χ1) is 17.2. The molecule has 2 saturated heterocycles. The number of β-amino-alcohol motifs (C(OH)–C–C–N with tert-alkyl or cyclic N) is 1. The van der Waals surface area contributed by atoms with Crippen LogP contribution in [-0.4, -0.2) is 68.9 Å². The van der Waals surface area contributed by atoms with Crippen LogP contribution in [0.4, 0.5) is 0 Å². The lowest BCUT2D eigenvalue weighted by Gasteiger charge is -2.38. The van der Waals surface area contributed by atoms with Gasteiger partial charge in [0.1, 0.15) is 12.1 Å². The Morgan fingerprint density at radius 2 is 1.89 bits per heavy atom. The first-order valence-corrected chi connectivity index (χ1v) is 13.7. The zero-order valence-corrected chi connectivity index (χ0v) is 22.1. The smallest absolute Gasteiger partial charge is 0.246 e.